The molecule has 0 unspecified atom stereocenters. The summed E-state index contributed by atoms with van der Waals surface area (Å²) >= 11 is 0. The highest BCUT2D eigenvalue weighted by molar-refractivity contribution is 5.78. The molecule has 1 saturated heterocycles. The number of carbonyl (C=O) groups is 1. The summed E-state index contributed by atoms with van der Waals surface area (Å²) in [5, 5.41) is 0. The maximum Gasteiger partial charge on any atom is 0.132 e. The summed E-state index contributed by atoms with van der Waals surface area (Å²) in [5.74, 6) is 0.464. The van der Waals surface area contributed by atoms with Crippen LogP contribution in [0.1, 0.15) is 32.1 Å². The average molecular weight is 140 g/mol. The Balaban J connectivity index is 0.000000138. The number of rotatable bonds is 0. The summed E-state index contributed by atoms with van der Waals surface area (Å²) in [5.41, 5.74) is 0. The molecule has 1 aliphatic heterocycles. The van der Waals surface area contributed by atoms with Gasteiger partial charge in [0.15, 0.2) is 0 Å². The molecule has 2 radical (unpaired) electrons. The van der Waals surface area contributed by atoms with Crippen molar-refractivity contribution < 1.29 is 9.53 Å². The molecule has 1 heterocycles. The number of ketones is 1. The van der Waals surface area contributed by atoms with Crippen LogP contribution in [0.4, 0.5) is 0 Å². The van der Waals surface area contributed by atoms with Crippen molar-refractivity contribution >= 4 is 5.78 Å². The van der Waals surface area contributed by atoms with Gasteiger partial charge in [0.1, 0.15) is 19.0 Å². The topological polar surface area (TPSA) is 29.6 Å². The van der Waals surface area contributed by atoms with E-state index in [1.807, 2.05) is 0 Å². The van der Waals surface area contributed by atoms with Gasteiger partial charge in [-0.25, -0.2) is 0 Å². The molecule has 0 atom stereocenters. The van der Waals surface area contributed by atoms with Gasteiger partial charge in [-0.1, -0.05) is 6.42 Å². The Morgan fingerprint density at radius 2 is 1.60 bits per heavy atom. The van der Waals surface area contributed by atoms with Gasteiger partial charge in [-0.05, 0) is 12.8 Å². The van der Waals surface area contributed by atoms with Crippen LogP contribution in [0, 0.1) is 13.2 Å². The van der Waals surface area contributed by atoms with Crippen molar-refractivity contribution in [2.24, 2.45) is 0 Å². The molecule has 0 aromatic heterocycles. The summed E-state index contributed by atoms with van der Waals surface area (Å²) in [6.45, 7) is 3.25. The summed E-state index contributed by atoms with van der Waals surface area (Å²) in [6.07, 6.45) is 5.24. The van der Waals surface area contributed by atoms with E-state index in [9.17, 15) is 4.79 Å². The Hall–Kier alpha value is -0.370. The van der Waals surface area contributed by atoms with E-state index in [2.05, 4.69) is 4.74 Å². The lowest BCUT2D eigenvalue weighted by molar-refractivity contribution is -0.120. The summed E-state index contributed by atoms with van der Waals surface area (Å²) in [6, 6.07) is 0. The van der Waals surface area contributed by atoms with E-state index < -0.39 is 0 Å². The van der Waals surface area contributed by atoms with Crippen LogP contribution in [0.2, 0.25) is 0 Å². The highest BCUT2D eigenvalue weighted by Crippen LogP contribution is 2.12. The smallest absolute Gasteiger partial charge is 0.132 e. The first-order valence-corrected chi connectivity index (χ1v) is 3.72. The number of epoxide rings is 1. The molecule has 2 rings (SSSR count). The number of hydrogen-bond donors (Lipinski definition) is 0. The molecule has 2 nitrogen and oxygen atoms in total. The second-order valence-corrected chi connectivity index (χ2v) is 2.51. The van der Waals surface area contributed by atoms with Crippen molar-refractivity contribution in [3.8, 4) is 0 Å². The normalized spacial score (nSPS) is 23.0. The van der Waals surface area contributed by atoms with Crippen LogP contribution in [0.15, 0.2) is 0 Å². The zero-order chi connectivity index (χ0) is 7.23. The average Bonchev–Trinajstić information content (AvgIpc) is 2.73. The Morgan fingerprint density at radius 3 is 1.80 bits per heavy atom. The lowest BCUT2D eigenvalue weighted by Gasteiger charge is -2.05. The van der Waals surface area contributed by atoms with E-state index in [0.717, 1.165) is 25.7 Å². The van der Waals surface area contributed by atoms with E-state index in [0.29, 0.717) is 5.78 Å². The maximum atomic E-state index is 10.5. The lowest BCUT2D eigenvalue weighted by Crippen LogP contribution is -2.02. The Labute approximate surface area is 61.6 Å². The number of carbonyl (C=O) groups excluding carboxylic acids is 1. The maximum absolute atomic E-state index is 10.5. The number of ether oxygens (including phenoxy) is 1. The van der Waals surface area contributed by atoms with Crippen molar-refractivity contribution in [1.29, 1.82) is 0 Å². The monoisotopic (exact) mass is 140 g/mol. The van der Waals surface area contributed by atoms with E-state index in [-0.39, 0.29) is 0 Å². The van der Waals surface area contributed by atoms with Crippen molar-refractivity contribution in [1.82, 2.24) is 0 Å². The molecular formula is C8H12O2. The standard InChI is InChI=1S/C6H10O.C2H2O/c7-6-4-2-1-3-5-6;1-2-3-1/h1-5H2;1-2H. The fourth-order valence-corrected chi connectivity index (χ4v) is 0.946. The molecule has 2 fully saturated rings. The third-order valence-corrected chi connectivity index (χ3v) is 1.55. The van der Waals surface area contributed by atoms with Gasteiger partial charge in [0.25, 0.3) is 0 Å². The van der Waals surface area contributed by atoms with Crippen LogP contribution >= 0.6 is 0 Å². The summed E-state index contributed by atoms with van der Waals surface area (Å²) in [4.78, 5) is 10.5. The predicted octanol–water partition coefficient (Wildman–Crippen LogP) is 1.86. The van der Waals surface area contributed by atoms with E-state index in [4.69, 9.17) is 0 Å². The Morgan fingerprint density at radius 1 is 1.10 bits per heavy atom. The SMILES string of the molecule is O=C1CCCCC1.[CH]1[CH]O1. The lowest BCUT2D eigenvalue weighted by atomic mass is 10.00. The van der Waals surface area contributed by atoms with Gasteiger partial charge in [-0.3, -0.25) is 4.79 Å². The van der Waals surface area contributed by atoms with Crippen molar-refractivity contribution in [2.75, 3.05) is 0 Å². The van der Waals surface area contributed by atoms with E-state index >= 15 is 0 Å². The summed E-state index contributed by atoms with van der Waals surface area (Å²) in [7, 11) is 0. The molecule has 56 valence electrons. The predicted molar refractivity (Wildman–Crippen MR) is 37.8 cm³/mol. The largest absolute Gasteiger partial charge is 0.364 e. The fourth-order valence-electron chi connectivity index (χ4n) is 0.946. The quantitative estimate of drug-likeness (QED) is 0.480. The molecular weight excluding hydrogens is 128 g/mol. The van der Waals surface area contributed by atoms with Crippen LogP contribution < -0.4 is 0 Å². The van der Waals surface area contributed by atoms with Crippen molar-refractivity contribution in [3.63, 3.8) is 0 Å². The number of hydrogen-bond acceptors (Lipinski definition) is 2. The molecule has 1 aliphatic carbocycles. The molecule has 2 aliphatic rings. The van der Waals surface area contributed by atoms with Crippen LogP contribution in [-0.2, 0) is 9.53 Å². The first-order valence-electron chi connectivity index (χ1n) is 3.72. The number of Topliss-reactive ketones (excluding diaryl/α,β-unsaturated/α-hetero) is 1. The molecule has 10 heavy (non-hydrogen) atoms. The Kier molecular flexibility index (Phi) is 3.44. The zero-order valence-corrected chi connectivity index (χ0v) is 6.01. The molecule has 2 heteroatoms. The molecule has 1 saturated carbocycles. The third kappa shape index (κ3) is 4.50. The third-order valence-electron chi connectivity index (χ3n) is 1.55. The molecule has 0 aromatic carbocycles. The minimum absolute atomic E-state index is 0.464. The molecule has 0 spiro atoms. The highest BCUT2D eigenvalue weighted by Gasteiger charge is 2.05. The van der Waals surface area contributed by atoms with Gasteiger partial charge in [0.05, 0.1) is 0 Å². The van der Waals surface area contributed by atoms with Gasteiger partial charge in [0, 0.05) is 12.8 Å². The van der Waals surface area contributed by atoms with Crippen molar-refractivity contribution in [3.05, 3.63) is 13.2 Å². The van der Waals surface area contributed by atoms with E-state index in [1.165, 1.54) is 6.42 Å². The van der Waals surface area contributed by atoms with Gasteiger partial charge in [-0.2, -0.15) is 0 Å². The van der Waals surface area contributed by atoms with E-state index in [1.54, 1.807) is 13.2 Å². The molecule has 0 aromatic rings. The Bertz CT molecular complexity index is 97.1. The van der Waals surface area contributed by atoms with Crippen LogP contribution in [0.3, 0.4) is 0 Å². The second kappa shape index (κ2) is 4.45. The minimum atomic E-state index is 0.464. The zero-order valence-electron chi connectivity index (χ0n) is 6.01. The molecule has 0 amide bonds. The first-order chi connectivity index (χ1) is 4.89. The van der Waals surface area contributed by atoms with Gasteiger partial charge >= 0.3 is 0 Å². The van der Waals surface area contributed by atoms with Crippen molar-refractivity contribution in [2.45, 2.75) is 32.1 Å². The minimum Gasteiger partial charge on any atom is -0.364 e. The van der Waals surface area contributed by atoms with Crippen LogP contribution in [-0.4, -0.2) is 5.78 Å². The first kappa shape index (κ1) is 7.73. The fraction of sp³-hybridized carbons (Fsp3) is 0.625. The van der Waals surface area contributed by atoms with Gasteiger partial charge in [0.2, 0.25) is 0 Å². The van der Waals surface area contributed by atoms with Crippen LogP contribution in [0.25, 0.3) is 0 Å². The summed E-state index contributed by atoms with van der Waals surface area (Å²) < 4.78 is 4.25. The van der Waals surface area contributed by atoms with Crippen LogP contribution in [0.5, 0.6) is 0 Å². The molecule has 0 N–H and O–H groups in total. The van der Waals surface area contributed by atoms with Gasteiger partial charge < -0.3 is 4.74 Å². The van der Waals surface area contributed by atoms with Gasteiger partial charge in [-0.15, -0.1) is 0 Å². The molecule has 0 bridgehead atoms. The highest BCUT2D eigenvalue weighted by atomic mass is 16.6. The second-order valence-electron chi connectivity index (χ2n) is 2.51.